The number of aryl methyl sites for hydroxylation is 2. The first kappa shape index (κ1) is 18.0. The molecule has 1 unspecified atom stereocenters. The lowest BCUT2D eigenvalue weighted by atomic mass is 10.1. The highest BCUT2D eigenvalue weighted by Gasteiger charge is 2.21. The fourth-order valence-electron chi connectivity index (χ4n) is 3.23. The largest absolute Gasteiger partial charge is 0.351 e. The van der Waals surface area contributed by atoms with Crippen LogP contribution in [0.3, 0.4) is 0 Å². The summed E-state index contributed by atoms with van der Waals surface area (Å²) in [5, 5.41) is 3.68. The van der Waals surface area contributed by atoms with Crippen molar-refractivity contribution in [1.29, 1.82) is 0 Å². The van der Waals surface area contributed by atoms with Gasteiger partial charge in [0.1, 0.15) is 15.7 Å². The van der Waals surface area contributed by atoms with Crippen LogP contribution in [-0.2, 0) is 0 Å². The number of likely N-dealkylation sites (tertiary alicyclic amines) is 1. The van der Waals surface area contributed by atoms with Gasteiger partial charge in [-0.3, -0.25) is 4.79 Å². The molecular weight excluding hydrogens is 337 g/mol. The number of halogens is 1. The van der Waals surface area contributed by atoms with Gasteiger partial charge in [-0.25, -0.2) is 9.37 Å². The molecule has 1 saturated heterocycles. The molecule has 2 heterocycles. The first-order chi connectivity index (χ1) is 12.0. The molecule has 4 nitrogen and oxygen atoms in total. The summed E-state index contributed by atoms with van der Waals surface area (Å²) in [6.45, 7) is 5.36. The van der Waals surface area contributed by atoms with Gasteiger partial charge in [0, 0.05) is 18.2 Å². The average Bonchev–Trinajstić information content (AvgIpc) is 3.16. The van der Waals surface area contributed by atoms with Crippen LogP contribution in [0.1, 0.15) is 40.2 Å². The zero-order valence-electron chi connectivity index (χ0n) is 14.9. The van der Waals surface area contributed by atoms with Gasteiger partial charge in [-0.1, -0.05) is 12.1 Å². The van der Waals surface area contributed by atoms with Gasteiger partial charge < -0.3 is 10.2 Å². The van der Waals surface area contributed by atoms with Crippen LogP contribution in [0, 0.1) is 19.7 Å². The molecule has 1 N–H and O–H groups in total. The lowest BCUT2D eigenvalue weighted by molar-refractivity contribution is 0.0953. The molecule has 0 spiro atoms. The van der Waals surface area contributed by atoms with Crippen LogP contribution in [-0.4, -0.2) is 42.0 Å². The Kier molecular flexibility index (Phi) is 5.49. The Labute approximate surface area is 152 Å². The van der Waals surface area contributed by atoms with Gasteiger partial charge in [0.2, 0.25) is 0 Å². The van der Waals surface area contributed by atoms with Crippen LogP contribution in [0.15, 0.2) is 18.2 Å². The monoisotopic (exact) mass is 361 g/mol. The van der Waals surface area contributed by atoms with Crippen LogP contribution < -0.4 is 5.32 Å². The Morgan fingerprint density at radius 1 is 1.44 bits per heavy atom. The summed E-state index contributed by atoms with van der Waals surface area (Å²) in [7, 11) is 2.14. The topological polar surface area (TPSA) is 45.2 Å². The van der Waals surface area contributed by atoms with Gasteiger partial charge in [0.05, 0.1) is 5.69 Å². The molecule has 0 radical (unpaired) electrons. The van der Waals surface area contributed by atoms with Crippen molar-refractivity contribution in [1.82, 2.24) is 15.2 Å². The van der Waals surface area contributed by atoms with E-state index in [1.807, 2.05) is 13.0 Å². The fraction of sp³-hybridized carbons (Fsp3) is 0.474. The van der Waals surface area contributed by atoms with Crippen molar-refractivity contribution in [2.45, 2.75) is 39.2 Å². The van der Waals surface area contributed by atoms with E-state index in [0.29, 0.717) is 39.3 Å². The van der Waals surface area contributed by atoms with Gasteiger partial charge in [-0.15, -0.1) is 11.3 Å². The average molecular weight is 361 g/mol. The van der Waals surface area contributed by atoms with Crippen LogP contribution in [0.2, 0.25) is 0 Å². The Balaban J connectivity index is 1.65. The number of hydrogen-bond acceptors (Lipinski definition) is 4. The second kappa shape index (κ2) is 7.62. The minimum absolute atomic E-state index is 0.0884. The Hall–Kier alpha value is -1.79. The van der Waals surface area contributed by atoms with Crippen molar-refractivity contribution in [3.05, 3.63) is 40.2 Å². The molecule has 25 heavy (non-hydrogen) atoms. The van der Waals surface area contributed by atoms with Crippen LogP contribution >= 0.6 is 11.3 Å². The summed E-state index contributed by atoms with van der Waals surface area (Å²) in [5.41, 5.74) is 2.01. The molecule has 0 saturated carbocycles. The Morgan fingerprint density at radius 3 is 2.92 bits per heavy atom. The molecule has 134 valence electrons. The summed E-state index contributed by atoms with van der Waals surface area (Å²) >= 11 is 1.32. The number of hydrogen-bond donors (Lipinski definition) is 1. The minimum atomic E-state index is -0.253. The summed E-state index contributed by atoms with van der Waals surface area (Å²) in [4.78, 5) is 19.9. The predicted molar refractivity (Wildman–Crippen MR) is 99.6 cm³/mol. The number of thiazole rings is 1. The van der Waals surface area contributed by atoms with E-state index in [-0.39, 0.29) is 11.7 Å². The maximum Gasteiger partial charge on any atom is 0.263 e. The zero-order chi connectivity index (χ0) is 18.0. The zero-order valence-corrected chi connectivity index (χ0v) is 15.8. The summed E-state index contributed by atoms with van der Waals surface area (Å²) < 4.78 is 13.8. The van der Waals surface area contributed by atoms with Crippen molar-refractivity contribution in [3.63, 3.8) is 0 Å². The molecule has 1 aliphatic heterocycles. The quantitative estimate of drug-likeness (QED) is 0.881. The summed E-state index contributed by atoms with van der Waals surface area (Å²) in [6.07, 6.45) is 3.41. The predicted octanol–water partition coefficient (Wildman–Crippen LogP) is 3.78. The standard InChI is InChI=1S/C19H24FN3OS/c1-12-6-7-14(11-16(12)20)19-22-13(2)17(25-19)18(24)21-9-8-15-5-4-10-23(15)3/h6-7,11,15H,4-5,8-10H2,1-3H3,(H,21,24). The molecule has 3 rings (SSSR count). The van der Waals surface area contributed by atoms with Gasteiger partial charge in [0.15, 0.2) is 0 Å². The Morgan fingerprint density at radius 2 is 2.24 bits per heavy atom. The number of rotatable bonds is 5. The van der Waals surface area contributed by atoms with Crippen molar-refractivity contribution in [2.75, 3.05) is 20.1 Å². The summed E-state index contributed by atoms with van der Waals surface area (Å²) in [6, 6.07) is 5.62. The van der Waals surface area contributed by atoms with E-state index >= 15 is 0 Å². The van der Waals surface area contributed by atoms with Crippen molar-refractivity contribution < 1.29 is 9.18 Å². The van der Waals surface area contributed by atoms with E-state index in [4.69, 9.17) is 0 Å². The van der Waals surface area contributed by atoms with E-state index in [9.17, 15) is 9.18 Å². The number of nitrogens with one attached hydrogen (secondary N) is 1. The highest BCUT2D eigenvalue weighted by atomic mass is 32.1. The molecule has 1 atom stereocenters. The maximum absolute atomic E-state index is 13.8. The number of nitrogens with zero attached hydrogens (tertiary/aromatic N) is 2. The maximum atomic E-state index is 13.8. The van der Waals surface area contributed by atoms with Crippen molar-refractivity contribution in [2.24, 2.45) is 0 Å². The molecule has 1 aliphatic rings. The molecule has 1 aromatic heterocycles. The highest BCUT2D eigenvalue weighted by Crippen LogP contribution is 2.29. The van der Waals surface area contributed by atoms with Crippen LogP contribution in [0.4, 0.5) is 4.39 Å². The highest BCUT2D eigenvalue weighted by molar-refractivity contribution is 7.17. The smallest absolute Gasteiger partial charge is 0.263 e. The molecule has 1 fully saturated rings. The number of amides is 1. The molecule has 1 amide bonds. The third-order valence-corrected chi connectivity index (χ3v) is 6.06. The van der Waals surface area contributed by atoms with E-state index in [0.717, 1.165) is 13.0 Å². The van der Waals surface area contributed by atoms with Gasteiger partial charge in [0.25, 0.3) is 5.91 Å². The molecule has 2 aromatic rings. The second-order valence-corrected chi connectivity index (χ2v) is 7.72. The SMILES string of the molecule is Cc1ccc(-c2nc(C)c(C(=O)NCCC3CCCN3C)s2)cc1F. The van der Waals surface area contributed by atoms with E-state index < -0.39 is 0 Å². The van der Waals surface area contributed by atoms with E-state index in [1.165, 1.54) is 30.2 Å². The first-order valence-corrected chi connectivity index (χ1v) is 9.49. The third-order valence-electron chi connectivity index (χ3n) is 4.86. The Bertz CT molecular complexity index is 774. The number of benzene rings is 1. The number of aromatic nitrogens is 1. The fourth-order valence-corrected chi connectivity index (χ4v) is 4.21. The lowest BCUT2D eigenvalue weighted by Gasteiger charge is -2.19. The molecule has 0 bridgehead atoms. The molecular formula is C19H24FN3OS. The molecule has 0 aliphatic carbocycles. The lowest BCUT2D eigenvalue weighted by Crippen LogP contribution is -2.31. The van der Waals surface area contributed by atoms with Crippen molar-refractivity contribution in [3.8, 4) is 10.6 Å². The number of carbonyl (C=O) groups excluding carboxylic acids is 1. The van der Waals surface area contributed by atoms with Crippen molar-refractivity contribution >= 4 is 17.2 Å². The minimum Gasteiger partial charge on any atom is -0.351 e. The van der Waals surface area contributed by atoms with Gasteiger partial charge in [-0.05, 0) is 58.3 Å². The van der Waals surface area contributed by atoms with Gasteiger partial charge >= 0.3 is 0 Å². The van der Waals surface area contributed by atoms with E-state index in [1.54, 1.807) is 13.0 Å². The second-order valence-electron chi connectivity index (χ2n) is 6.72. The third kappa shape index (κ3) is 4.07. The van der Waals surface area contributed by atoms with E-state index in [2.05, 4.69) is 22.2 Å². The van der Waals surface area contributed by atoms with Crippen LogP contribution in [0.5, 0.6) is 0 Å². The van der Waals surface area contributed by atoms with Crippen LogP contribution in [0.25, 0.3) is 10.6 Å². The van der Waals surface area contributed by atoms with Gasteiger partial charge in [-0.2, -0.15) is 0 Å². The first-order valence-electron chi connectivity index (χ1n) is 8.68. The molecule has 1 aromatic carbocycles. The molecule has 6 heteroatoms. The number of carbonyl (C=O) groups is 1. The normalized spacial score (nSPS) is 17.8. The summed E-state index contributed by atoms with van der Waals surface area (Å²) in [5.74, 6) is -0.341.